The van der Waals surface area contributed by atoms with E-state index in [9.17, 15) is 9.18 Å². The number of benzene rings is 1. The Hall–Kier alpha value is -1.90. The van der Waals surface area contributed by atoms with Crippen LogP contribution in [0, 0.1) is 17.7 Å². The quantitative estimate of drug-likeness (QED) is 0.813. The van der Waals surface area contributed by atoms with Gasteiger partial charge in [0, 0.05) is 31.6 Å². The van der Waals surface area contributed by atoms with Crippen LogP contribution >= 0.6 is 0 Å². The second-order valence-corrected chi connectivity index (χ2v) is 5.01. The Morgan fingerprint density at radius 3 is 3.10 bits per heavy atom. The smallest absolute Gasteiger partial charge is 0.237 e. The lowest BCUT2D eigenvalue weighted by atomic mass is 10.1. The number of carbonyl (C=O) groups is 1. The van der Waals surface area contributed by atoms with E-state index in [1.54, 1.807) is 6.07 Å². The van der Waals surface area contributed by atoms with Crippen LogP contribution in [0.5, 0.6) is 0 Å². The van der Waals surface area contributed by atoms with Gasteiger partial charge in [-0.15, -0.1) is 0 Å². The third-order valence-corrected chi connectivity index (χ3v) is 3.53. The van der Waals surface area contributed by atoms with Crippen LogP contribution < -0.4 is 5.32 Å². The summed E-state index contributed by atoms with van der Waals surface area (Å²) in [6.45, 7) is 3.78. The second kappa shape index (κ2) is 7.21. The molecule has 1 aliphatic rings. The van der Waals surface area contributed by atoms with Crippen molar-refractivity contribution in [2.75, 3.05) is 19.7 Å². The zero-order valence-corrected chi connectivity index (χ0v) is 12.0. The molecule has 1 aromatic rings. The minimum absolute atomic E-state index is 0.0104. The lowest BCUT2D eigenvalue weighted by Gasteiger charge is -2.32. The van der Waals surface area contributed by atoms with Crippen LogP contribution in [0.3, 0.4) is 0 Å². The normalized spacial score (nSPS) is 18.8. The molecular formula is C16H19FN2O2. The summed E-state index contributed by atoms with van der Waals surface area (Å²) in [6.07, 6.45) is 0.360. The molecular weight excluding hydrogens is 271 g/mol. The van der Waals surface area contributed by atoms with Gasteiger partial charge in [-0.25, -0.2) is 4.39 Å². The van der Waals surface area contributed by atoms with Crippen LogP contribution in [-0.4, -0.2) is 41.7 Å². The number of aliphatic hydroxyl groups excluding tert-OH is 1. The lowest BCUT2D eigenvalue weighted by molar-refractivity contribution is -0.128. The summed E-state index contributed by atoms with van der Waals surface area (Å²) in [5.41, 5.74) is 1.50. The number of rotatable bonds is 3. The van der Waals surface area contributed by atoms with Gasteiger partial charge in [0.2, 0.25) is 5.91 Å². The van der Waals surface area contributed by atoms with Crippen LogP contribution in [0.1, 0.15) is 24.5 Å². The van der Waals surface area contributed by atoms with E-state index in [4.69, 9.17) is 5.11 Å². The summed E-state index contributed by atoms with van der Waals surface area (Å²) in [4.78, 5) is 13.7. The standard InChI is InChI=1S/C16H19FN2O2/c1-12-16(21)18-7-8-19(12)11-14-5-6-15(17)10-13(14)4-2-3-9-20/h5-6,10,12,20H,3,7-9,11H2,1H3,(H,18,21). The predicted molar refractivity (Wildman–Crippen MR) is 77.9 cm³/mol. The van der Waals surface area contributed by atoms with Gasteiger partial charge < -0.3 is 10.4 Å². The Labute approximate surface area is 124 Å². The number of nitrogens with zero attached hydrogens (tertiary/aromatic N) is 1. The van der Waals surface area contributed by atoms with E-state index in [1.807, 2.05) is 11.8 Å². The van der Waals surface area contributed by atoms with E-state index in [0.717, 1.165) is 12.1 Å². The highest BCUT2D eigenvalue weighted by Gasteiger charge is 2.25. The summed E-state index contributed by atoms with van der Waals surface area (Å²) in [5, 5.41) is 11.6. The Kier molecular flexibility index (Phi) is 5.32. The van der Waals surface area contributed by atoms with Crippen molar-refractivity contribution in [3.8, 4) is 11.8 Å². The molecule has 4 nitrogen and oxygen atoms in total. The first-order chi connectivity index (χ1) is 10.1. The average molecular weight is 290 g/mol. The minimum atomic E-state index is -0.337. The van der Waals surface area contributed by atoms with Gasteiger partial charge in [-0.1, -0.05) is 17.9 Å². The Bertz CT molecular complexity index is 577. The number of aliphatic hydroxyl groups is 1. The molecule has 1 unspecified atom stereocenters. The van der Waals surface area contributed by atoms with Crippen molar-refractivity contribution in [1.29, 1.82) is 0 Å². The molecule has 1 fully saturated rings. The minimum Gasteiger partial charge on any atom is -0.395 e. The largest absolute Gasteiger partial charge is 0.395 e. The number of carbonyl (C=O) groups excluding carboxylic acids is 1. The van der Waals surface area contributed by atoms with E-state index >= 15 is 0 Å². The van der Waals surface area contributed by atoms with Crippen LogP contribution in [0.25, 0.3) is 0 Å². The van der Waals surface area contributed by atoms with Gasteiger partial charge in [-0.2, -0.15) is 0 Å². The molecule has 0 aliphatic carbocycles. The van der Waals surface area contributed by atoms with Crippen molar-refractivity contribution in [3.05, 3.63) is 35.1 Å². The fourth-order valence-corrected chi connectivity index (χ4v) is 2.28. The molecule has 0 radical (unpaired) electrons. The predicted octanol–water partition coefficient (Wildman–Crippen LogP) is 0.880. The topological polar surface area (TPSA) is 52.6 Å². The van der Waals surface area contributed by atoms with E-state index in [0.29, 0.717) is 25.1 Å². The molecule has 21 heavy (non-hydrogen) atoms. The van der Waals surface area contributed by atoms with Crippen molar-refractivity contribution in [2.24, 2.45) is 0 Å². The van der Waals surface area contributed by atoms with Crippen LogP contribution in [-0.2, 0) is 11.3 Å². The molecule has 1 aromatic carbocycles. The van der Waals surface area contributed by atoms with Crippen molar-refractivity contribution >= 4 is 5.91 Å². The molecule has 1 aliphatic heterocycles. The summed E-state index contributed by atoms with van der Waals surface area (Å²) in [6, 6.07) is 4.30. The first kappa shape index (κ1) is 15.5. The third kappa shape index (κ3) is 4.03. The molecule has 1 atom stereocenters. The Morgan fingerprint density at radius 1 is 1.52 bits per heavy atom. The number of hydrogen-bond donors (Lipinski definition) is 2. The highest BCUT2D eigenvalue weighted by Crippen LogP contribution is 2.16. The molecule has 0 saturated carbocycles. The Balaban J connectivity index is 2.19. The van der Waals surface area contributed by atoms with E-state index in [1.165, 1.54) is 12.1 Å². The van der Waals surface area contributed by atoms with Crippen LogP contribution in [0.4, 0.5) is 4.39 Å². The maximum atomic E-state index is 13.4. The van der Waals surface area contributed by atoms with Crippen LogP contribution in [0.15, 0.2) is 18.2 Å². The molecule has 1 amide bonds. The summed E-state index contributed by atoms with van der Waals surface area (Å²) < 4.78 is 13.4. The number of halogens is 1. The van der Waals surface area contributed by atoms with Crippen molar-refractivity contribution in [1.82, 2.24) is 10.2 Å². The van der Waals surface area contributed by atoms with E-state index < -0.39 is 0 Å². The summed E-state index contributed by atoms with van der Waals surface area (Å²) >= 11 is 0. The lowest BCUT2D eigenvalue weighted by Crippen LogP contribution is -2.53. The highest BCUT2D eigenvalue weighted by molar-refractivity contribution is 5.82. The molecule has 0 bridgehead atoms. The SMILES string of the molecule is CC1C(=O)NCCN1Cc1ccc(F)cc1C#CCCO. The zero-order valence-electron chi connectivity index (χ0n) is 12.0. The molecule has 1 heterocycles. The maximum absolute atomic E-state index is 13.4. The Morgan fingerprint density at radius 2 is 2.33 bits per heavy atom. The molecule has 2 rings (SSSR count). The molecule has 2 N–H and O–H groups in total. The molecule has 5 heteroatoms. The molecule has 1 saturated heterocycles. The van der Waals surface area contributed by atoms with Crippen molar-refractivity contribution in [3.63, 3.8) is 0 Å². The molecule has 0 aromatic heterocycles. The fraction of sp³-hybridized carbons (Fsp3) is 0.438. The van der Waals surface area contributed by atoms with Gasteiger partial charge in [0.25, 0.3) is 0 Å². The second-order valence-electron chi connectivity index (χ2n) is 5.01. The maximum Gasteiger partial charge on any atom is 0.237 e. The van der Waals surface area contributed by atoms with Gasteiger partial charge >= 0.3 is 0 Å². The monoisotopic (exact) mass is 290 g/mol. The van der Waals surface area contributed by atoms with Crippen molar-refractivity contribution < 1.29 is 14.3 Å². The van der Waals surface area contributed by atoms with Gasteiger partial charge in [0.05, 0.1) is 12.6 Å². The van der Waals surface area contributed by atoms with E-state index in [-0.39, 0.29) is 24.4 Å². The third-order valence-electron chi connectivity index (χ3n) is 3.53. The number of hydrogen-bond acceptors (Lipinski definition) is 3. The zero-order chi connectivity index (χ0) is 15.2. The molecule has 112 valence electrons. The average Bonchev–Trinajstić information content (AvgIpc) is 2.46. The molecule has 0 spiro atoms. The summed E-state index contributed by atoms with van der Waals surface area (Å²) in [7, 11) is 0. The fourth-order valence-electron chi connectivity index (χ4n) is 2.28. The number of amides is 1. The van der Waals surface area contributed by atoms with E-state index in [2.05, 4.69) is 17.2 Å². The van der Waals surface area contributed by atoms with Gasteiger partial charge in [-0.05, 0) is 24.6 Å². The highest BCUT2D eigenvalue weighted by atomic mass is 19.1. The van der Waals surface area contributed by atoms with Crippen molar-refractivity contribution in [2.45, 2.75) is 25.9 Å². The van der Waals surface area contributed by atoms with Crippen LogP contribution in [0.2, 0.25) is 0 Å². The first-order valence-corrected chi connectivity index (χ1v) is 7.01. The summed E-state index contributed by atoms with van der Waals surface area (Å²) in [5.74, 6) is 5.38. The van der Waals surface area contributed by atoms with Gasteiger partial charge in [-0.3, -0.25) is 9.69 Å². The first-order valence-electron chi connectivity index (χ1n) is 7.01. The van der Waals surface area contributed by atoms with Gasteiger partial charge in [0.15, 0.2) is 0 Å². The van der Waals surface area contributed by atoms with Gasteiger partial charge in [0.1, 0.15) is 5.82 Å². The number of piperazine rings is 1. The number of nitrogens with one attached hydrogen (secondary N) is 1.